The van der Waals surface area contributed by atoms with Gasteiger partial charge in [0.15, 0.2) is 5.96 Å². The lowest BCUT2D eigenvalue weighted by atomic mass is 10.1. The minimum Gasteiger partial charge on any atom is -0.491 e. The van der Waals surface area contributed by atoms with Gasteiger partial charge in [0.05, 0.1) is 6.10 Å². The van der Waals surface area contributed by atoms with Gasteiger partial charge in [-0.15, -0.1) is 0 Å². The molecule has 24 heavy (non-hydrogen) atoms. The third kappa shape index (κ3) is 5.57. The van der Waals surface area contributed by atoms with Gasteiger partial charge in [-0.3, -0.25) is 4.99 Å². The lowest BCUT2D eigenvalue weighted by Gasteiger charge is -2.13. The molecule has 2 aromatic rings. The van der Waals surface area contributed by atoms with E-state index < -0.39 is 0 Å². The Morgan fingerprint density at radius 2 is 1.83 bits per heavy atom. The molecule has 0 saturated carbocycles. The van der Waals surface area contributed by atoms with Crippen molar-refractivity contribution in [1.82, 2.24) is 5.32 Å². The second-order valence-electron chi connectivity index (χ2n) is 5.66. The normalized spacial score (nSPS) is 11.5. The molecule has 0 radical (unpaired) electrons. The first-order valence-electron chi connectivity index (χ1n) is 8.06. The van der Waals surface area contributed by atoms with E-state index in [1.54, 1.807) is 19.2 Å². The van der Waals surface area contributed by atoms with E-state index in [0.29, 0.717) is 24.5 Å². The maximum absolute atomic E-state index is 13.6. The monoisotopic (exact) mass is 329 g/mol. The number of nitrogens with one attached hydrogen (secondary N) is 2. The van der Waals surface area contributed by atoms with E-state index in [1.807, 2.05) is 44.2 Å². The molecule has 2 N–H and O–H groups in total. The Morgan fingerprint density at radius 1 is 1.12 bits per heavy atom. The number of hydrogen-bond donors (Lipinski definition) is 2. The van der Waals surface area contributed by atoms with E-state index in [9.17, 15) is 4.39 Å². The quantitative estimate of drug-likeness (QED) is 0.625. The van der Waals surface area contributed by atoms with Crippen molar-refractivity contribution in [2.24, 2.45) is 4.99 Å². The minimum atomic E-state index is -0.178. The molecule has 0 unspecified atom stereocenters. The number of anilines is 1. The van der Waals surface area contributed by atoms with Crippen LogP contribution in [0.25, 0.3) is 0 Å². The van der Waals surface area contributed by atoms with Crippen molar-refractivity contribution >= 4 is 11.6 Å². The van der Waals surface area contributed by atoms with E-state index in [0.717, 1.165) is 11.4 Å². The van der Waals surface area contributed by atoms with Crippen molar-refractivity contribution in [3.05, 3.63) is 59.9 Å². The number of guanidine groups is 1. The summed E-state index contributed by atoms with van der Waals surface area (Å²) in [5.74, 6) is 1.30. The predicted molar refractivity (Wildman–Crippen MR) is 97.3 cm³/mol. The van der Waals surface area contributed by atoms with E-state index in [-0.39, 0.29) is 11.9 Å². The van der Waals surface area contributed by atoms with Gasteiger partial charge in [0.2, 0.25) is 0 Å². The lowest BCUT2D eigenvalue weighted by Crippen LogP contribution is -2.32. The maximum atomic E-state index is 13.6. The van der Waals surface area contributed by atoms with Crippen LogP contribution in [0.2, 0.25) is 0 Å². The number of aliphatic imine (C=N–C) groups is 1. The minimum absolute atomic E-state index is 0.150. The summed E-state index contributed by atoms with van der Waals surface area (Å²) < 4.78 is 19.2. The molecule has 0 aromatic heterocycles. The first-order valence-corrected chi connectivity index (χ1v) is 8.06. The Labute approximate surface area is 142 Å². The van der Waals surface area contributed by atoms with Crippen LogP contribution in [0.5, 0.6) is 5.75 Å². The van der Waals surface area contributed by atoms with Gasteiger partial charge in [-0.05, 0) is 56.2 Å². The van der Waals surface area contributed by atoms with Gasteiger partial charge in [0.1, 0.15) is 11.6 Å². The fraction of sp³-hybridized carbons (Fsp3) is 0.316. The second-order valence-corrected chi connectivity index (χ2v) is 5.66. The summed E-state index contributed by atoms with van der Waals surface area (Å²) in [6.07, 6.45) is 0.741. The highest BCUT2D eigenvalue weighted by atomic mass is 19.1. The molecule has 0 aliphatic rings. The molecular weight excluding hydrogens is 305 g/mol. The molecule has 4 nitrogen and oxygen atoms in total. The van der Waals surface area contributed by atoms with Gasteiger partial charge in [-0.2, -0.15) is 0 Å². The molecule has 0 atom stereocenters. The van der Waals surface area contributed by atoms with E-state index in [1.165, 1.54) is 6.07 Å². The summed E-state index contributed by atoms with van der Waals surface area (Å²) in [5, 5.41) is 6.38. The molecule has 2 rings (SSSR count). The van der Waals surface area contributed by atoms with Crippen molar-refractivity contribution in [3.8, 4) is 5.75 Å². The fourth-order valence-corrected chi connectivity index (χ4v) is 2.22. The summed E-state index contributed by atoms with van der Waals surface area (Å²) >= 11 is 0. The first-order chi connectivity index (χ1) is 11.6. The highest BCUT2D eigenvalue weighted by molar-refractivity contribution is 5.93. The van der Waals surface area contributed by atoms with Crippen molar-refractivity contribution < 1.29 is 9.13 Å². The van der Waals surface area contributed by atoms with Gasteiger partial charge in [0.25, 0.3) is 0 Å². The fourth-order valence-electron chi connectivity index (χ4n) is 2.22. The van der Waals surface area contributed by atoms with Crippen LogP contribution in [0.15, 0.2) is 53.5 Å². The zero-order chi connectivity index (χ0) is 17.4. The number of rotatable bonds is 6. The van der Waals surface area contributed by atoms with Crippen LogP contribution < -0.4 is 15.4 Å². The van der Waals surface area contributed by atoms with Crippen LogP contribution in [-0.2, 0) is 6.42 Å². The van der Waals surface area contributed by atoms with Crippen LogP contribution >= 0.6 is 0 Å². The van der Waals surface area contributed by atoms with Crippen molar-refractivity contribution in [3.63, 3.8) is 0 Å². The number of halogens is 1. The Kier molecular flexibility index (Phi) is 6.61. The molecule has 128 valence electrons. The molecule has 0 aliphatic carbocycles. The number of nitrogens with zero attached hydrogens (tertiary/aromatic N) is 1. The van der Waals surface area contributed by atoms with Crippen LogP contribution in [0, 0.1) is 5.82 Å². The standard InChI is InChI=1S/C19H24FN3O/c1-14(2)24-17-10-8-16(9-11-17)23-19(21-3)22-13-12-15-6-4-5-7-18(15)20/h4-11,14H,12-13H2,1-3H3,(H2,21,22,23). The zero-order valence-electron chi connectivity index (χ0n) is 14.3. The number of hydrogen-bond acceptors (Lipinski definition) is 2. The van der Waals surface area contributed by atoms with Gasteiger partial charge < -0.3 is 15.4 Å². The Balaban J connectivity index is 1.85. The van der Waals surface area contributed by atoms with Gasteiger partial charge in [-0.1, -0.05) is 18.2 Å². The molecule has 0 aliphatic heterocycles. The second kappa shape index (κ2) is 8.91. The number of benzene rings is 2. The molecular formula is C19H24FN3O. The van der Waals surface area contributed by atoms with Crippen LogP contribution in [0.1, 0.15) is 19.4 Å². The molecule has 0 bridgehead atoms. The summed E-state index contributed by atoms with van der Waals surface area (Å²) in [6, 6.07) is 14.5. The van der Waals surface area contributed by atoms with Gasteiger partial charge >= 0.3 is 0 Å². The maximum Gasteiger partial charge on any atom is 0.195 e. The molecule has 0 spiro atoms. The van der Waals surface area contributed by atoms with Gasteiger partial charge in [-0.25, -0.2) is 4.39 Å². The van der Waals surface area contributed by atoms with Crippen molar-refractivity contribution in [2.45, 2.75) is 26.4 Å². The van der Waals surface area contributed by atoms with Crippen molar-refractivity contribution in [1.29, 1.82) is 0 Å². The van der Waals surface area contributed by atoms with Crippen LogP contribution in [0.4, 0.5) is 10.1 Å². The van der Waals surface area contributed by atoms with Crippen LogP contribution in [0.3, 0.4) is 0 Å². The average Bonchev–Trinajstić information content (AvgIpc) is 2.57. The lowest BCUT2D eigenvalue weighted by molar-refractivity contribution is 0.242. The molecule has 5 heteroatoms. The molecule has 0 amide bonds. The Morgan fingerprint density at radius 3 is 2.46 bits per heavy atom. The Bertz CT molecular complexity index is 669. The largest absolute Gasteiger partial charge is 0.491 e. The molecule has 2 aromatic carbocycles. The smallest absolute Gasteiger partial charge is 0.195 e. The van der Waals surface area contributed by atoms with E-state index in [2.05, 4.69) is 15.6 Å². The highest BCUT2D eigenvalue weighted by Crippen LogP contribution is 2.16. The predicted octanol–water partition coefficient (Wildman–Crippen LogP) is 3.84. The molecule has 0 saturated heterocycles. The zero-order valence-corrected chi connectivity index (χ0v) is 14.3. The van der Waals surface area contributed by atoms with Crippen LogP contribution in [-0.4, -0.2) is 25.7 Å². The van der Waals surface area contributed by atoms with Crippen molar-refractivity contribution in [2.75, 3.05) is 18.9 Å². The summed E-state index contributed by atoms with van der Waals surface area (Å²) in [7, 11) is 1.70. The number of ether oxygens (including phenoxy) is 1. The topological polar surface area (TPSA) is 45.7 Å². The summed E-state index contributed by atoms with van der Waals surface area (Å²) in [4.78, 5) is 4.18. The van der Waals surface area contributed by atoms with Gasteiger partial charge in [0, 0.05) is 19.3 Å². The SMILES string of the molecule is CN=C(NCCc1ccccc1F)Nc1ccc(OC(C)C)cc1. The molecule has 0 fully saturated rings. The summed E-state index contributed by atoms with van der Waals surface area (Å²) in [5.41, 5.74) is 1.60. The molecule has 0 heterocycles. The third-order valence-electron chi connectivity index (χ3n) is 3.36. The Hall–Kier alpha value is -2.56. The first kappa shape index (κ1) is 17.8. The van der Waals surface area contributed by atoms with E-state index >= 15 is 0 Å². The third-order valence-corrected chi connectivity index (χ3v) is 3.36. The summed E-state index contributed by atoms with van der Waals surface area (Å²) in [6.45, 7) is 4.58. The highest BCUT2D eigenvalue weighted by Gasteiger charge is 2.03. The average molecular weight is 329 g/mol. The van der Waals surface area contributed by atoms with E-state index in [4.69, 9.17) is 4.74 Å².